The molecule has 1 heterocycles. The summed E-state index contributed by atoms with van der Waals surface area (Å²) in [5.41, 5.74) is 0.889. The second-order valence-electron chi connectivity index (χ2n) is 4.49. The number of benzene rings is 2. The smallest absolute Gasteiger partial charge is 0.264 e. The van der Waals surface area contributed by atoms with Crippen LogP contribution in [0.1, 0.15) is 5.89 Å². The second-order valence-corrected chi connectivity index (χ2v) is 5.40. The van der Waals surface area contributed by atoms with Crippen LogP contribution in [0.15, 0.2) is 57.5 Å². The van der Waals surface area contributed by atoms with Crippen LogP contribution < -0.4 is 9.47 Å². The molecule has 22 heavy (non-hydrogen) atoms. The molecule has 0 aliphatic rings. The Balaban J connectivity index is 1.67. The summed E-state index contributed by atoms with van der Waals surface area (Å²) in [7, 11) is 1.61. The van der Waals surface area contributed by atoms with Crippen molar-refractivity contribution in [2.24, 2.45) is 0 Å². The van der Waals surface area contributed by atoms with Crippen LogP contribution in [0.5, 0.6) is 11.5 Å². The van der Waals surface area contributed by atoms with E-state index in [0.717, 1.165) is 15.8 Å². The Morgan fingerprint density at radius 1 is 1.09 bits per heavy atom. The van der Waals surface area contributed by atoms with E-state index in [9.17, 15) is 0 Å². The highest BCUT2D eigenvalue weighted by atomic mass is 79.9. The summed E-state index contributed by atoms with van der Waals surface area (Å²) < 4.78 is 17.0. The molecule has 0 saturated carbocycles. The molecule has 112 valence electrons. The topological polar surface area (TPSA) is 57.4 Å². The molecule has 0 unspecified atom stereocenters. The third-order valence-electron chi connectivity index (χ3n) is 2.97. The zero-order valence-electron chi connectivity index (χ0n) is 11.8. The Labute approximate surface area is 136 Å². The number of hydrogen-bond acceptors (Lipinski definition) is 5. The average Bonchev–Trinajstić information content (AvgIpc) is 3.03. The van der Waals surface area contributed by atoms with Crippen LogP contribution in [-0.2, 0) is 6.61 Å². The summed E-state index contributed by atoms with van der Waals surface area (Å²) >= 11 is 3.39. The lowest BCUT2D eigenvalue weighted by Gasteiger charge is -2.04. The Hall–Kier alpha value is -2.34. The maximum atomic E-state index is 5.62. The molecule has 3 aromatic rings. The van der Waals surface area contributed by atoms with Gasteiger partial charge in [-0.25, -0.2) is 0 Å². The van der Waals surface area contributed by atoms with Crippen LogP contribution in [0.25, 0.3) is 11.4 Å². The Morgan fingerprint density at radius 3 is 2.64 bits per heavy atom. The van der Waals surface area contributed by atoms with Gasteiger partial charge in [0.2, 0.25) is 5.82 Å². The van der Waals surface area contributed by atoms with Crippen molar-refractivity contribution in [3.63, 3.8) is 0 Å². The van der Waals surface area contributed by atoms with Crippen LogP contribution >= 0.6 is 15.9 Å². The van der Waals surface area contributed by atoms with Gasteiger partial charge in [-0.2, -0.15) is 4.98 Å². The molecule has 2 aromatic carbocycles. The van der Waals surface area contributed by atoms with E-state index in [1.165, 1.54) is 0 Å². The van der Waals surface area contributed by atoms with Crippen molar-refractivity contribution in [2.75, 3.05) is 7.11 Å². The van der Waals surface area contributed by atoms with Gasteiger partial charge >= 0.3 is 0 Å². The molecule has 0 radical (unpaired) electrons. The predicted octanol–water partition coefficient (Wildman–Crippen LogP) is 4.09. The largest absolute Gasteiger partial charge is 0.497 e. The molecule has 1 aromatic heterocycles. The second kappa shape index (κ2) is 6.62. The zero-order chi connectivity index (χ0) is 15.4. The highest BCUT2D eigenvalue weighted by Crippen LogP contribution is 2.21. The highest BCUT2D eigenvalue weighted by molar-refractivity contribution is 9.10. The van der Waals surface area contributed by atoms with Gasteiger partial charge in [-0.15, -0.1) is 0 Å². The van der Waals surface area contributed by atoms with Gasteiger partial charge in [0.05, 0.1) is 7.11 Å². The lowest BCUT2D eigenvalue weighted by Crippen LogP contribution is -1.96. The Kier molecular flexibility index (Phi) is 4.39. The third kappa shape index (κ3) is 3.46. The molecule has 3 rings (SSSR count). The SMILES string of the molecule is COc1cccc(OCc2nc(-c3ccc(Br)cc3)no2)c1. The summed E-state index contributed by atoms with van der Waals surface area (Å²) in [4.78, 5) is 4.32. The number of aromatic nitrogens is 2. The molecule has 0 spiro atoms. The van der Waals surface area contributed by atoms with Crippen molar-refractivity contribution in [1.82, 2.24) is 10.1 Å². The first-order valence-electron chi connectivity index (χ1n) is 6.60. The van der Waals surface area contributed by atoms with E-state index in [2.05, 4.69) is 26.1 Å². The van der Waals surface area contributed by atoms with E-state index in [0.29, 0.717) is 17.5 Å². The summed E-state index contributed by atoms with van der Waals surface area (Å²) in [5, 5.41) is 3.96. The molecule has 0 aliphatic carbocycles. The molecular formula is C16H13BrN2O3. The maximum absolute atomic E-state index is 5.62. The fraction of sp³-hybridized carbons (Fsp3) is 0.125. The molecule has 6 heteroatoms. The predicted molar refractivity (Wildman–Crippen MR) is 84.8 cm³/mol. The Bertz CT molecular complexity index is 756. The molecule has 0 N–H and O–H groups in total. The summed E-state index contributed by atoms with van der Waals surface area (Å²) in [6.07, 6.45) is 0. The minimum atomic E-state index is 0.205. The fourth-order valence-corrected chi connectivity index (χ4v) is 2.13. The van der Waals surface area contributed by atoms with Gasteiger partial charge in [0.1, 0.15) is 11.5 Å². The number of nitrogens with zero attached hydrogens (tertiary/aromatic N) is 2. The first-order chi connectivity index (χ1) is 10.7. The van der Waals surface area contributed by atoms with E-state index in [1.54, 1.807) is 13.2 Å². The van der Waals surface area contributed by atoms with Crippen molar-refractivity contribution in [3.05, 3.63) is 58.9 Å². The molecule has 0 amide bonds. The molecule has 0 atom stereocenters. The monoisotopic (exact) mass is 360 g/mol. The van der Waals surface area contributed by atoms with Crippen LogP contribution in [0.2, 0.25) is 0 Å². The first-order valence-corrected chi connectivity index (χ1v) is 7.39. The summed E-state index contributed by atoms with van der Waals surface area (Å²) in [5.74, 6) is 2.37. The number of hydrogen-bond donors (Lipinski definition) is 0. The van der Waals surface area contributed by atoms with Gasteiger partial charge < -0.3 is 14.0 Å². The van der Waals surface area contributed by atoms with Gasteiger partial charge in [0, 0.05) is 16.1 Å². The standard InChI is InChI=1S/C16H13BrN2O3/c1-20-13-3-2-4-14(9-13)21-10-15-18-16(19-22-15)11-5-7-12(17)8-6-11/h2-9H,10H2,1H3. The van der Waals surface area contributed by atoms with Crippen molar-refractivity contribution < 1.29 is 14.0 Å². The van der Waals surface area contributed by atoms with E-state index >= 15 is 0 Å². The van der Waals surface area contributed by atoms with Crippen LogP contribution in [0.4, 0.5) is 0 Å². The van der Waals surface area contributed by atoms with Crippen molar-refractivity contribution >= 4 is 15.9 Å². The molecule has 5 nitrogen and oxygen atoms in total. The lowest BCUT2D eigenvalue weighted by molar-refractivity contribution is 0.242. The molecule has 0 aliphatic heterocycles. The van der Waals surface area contributed by atoms with Gasteiger partial charge in [-0.05, 0) is 36.4 Å². The number of rotatable bonds is 5. The van der Waals surface area contributed by atoms with Crippen LogP contribution in [0.3, 0.4) is 0 Å². The van der Waals surface area contributed by atoms with Crippen LogP contribution in [-0.4, -0.2) is 17.3 Å². The molecule has 0 fully saturated rings. The third-order valence-corrected chi connectivity index (χ3v) is 3.50. The Morgan fingerprint density at radius 2 is 1.86 bits per heavy atom. The van der Waals surface area contributed by atoms with Gasteiger partial charge in [-0.1, -0.05) is 27.2 Å². The summed E-state index contributed by atoms with van der Waals surface area (Å²) in [6, 6.07) is 15.0. The van der Waals surface area contributed by atoms with E-state index < -0.39 is 0 Å². The molecule has 0 bridgehead atoms. The number of methoxy groups -OCH3 is 1. The van der Waals surface area contributed by atoms with Gasteiger partial charge in [0.15, 0.2) is 6.61 Å². The summed E-state index contributed by atoms with van der Waals surface area (Å²) in [6.45, 7) is 0.205. The number of ether oxygens (including phenoxy) is 2. The number of halogens is 1. The van der Waals surface area contributed by atoms with Gasteiger partial charge in [0.25, 0.3) is 5.89 Å². The molecular weight excluding hydrogens is 348 g/mol. The highest BCUT2D eigenvalue weighted by Gasteiger charge is 2.09. The van der Waals surface area contributed by atoms with Crippen LogP contribution in [0, 0.1) is 0 Å². The molecule has 0 saturated heterocycles. The lowest BCUT2D eigenvalue weighted by atomic mass is 10.2. The first kappa shape index (κ1) is 14.6. The van der Waals surface area contributed by atoms with E-state index in [1.807, 2.05) is 42.5 Å². The normalized spacial score (nSPS) is 10.5. The maximum Gasteiger partial charge on any atom is 0.264 e. The van der Waals surface area contributed by atoms with E-state index in [-0.39, 0.29) is 6.61 Å². The van der Waals surface area contributed by atoms with E-state index in [4.69, 9.17) is 14.0 Å². The van der Waals surface area contributed by atoms with Gasteiger partial charge in [-0.3, -0.25) is 0 Å². The van der Waals surface area contributed by atoms with Crippen molar-refractivity contribution in [3.8, 4) is 22.9 Å². The minimum Gasteiger partial charge on any atom is -0.497 e. The van der Waals surface area contributed by atoms with Crippen molar-refractivity contribution in [2.45, 2.75) is 6.61 Å². The quantitative estimate of drug-likeness (QED) is 0.685. The minimum absolute atomic E-state index is 0.205. The van der Waals surface area contributed by atoms with Crippen molar-refractivity contribution in [1.29, 1.82) is 0 Å². The average molecular weight is 361 g/mol. The fourth-order valence-electron chi connectivity index (χ4n) is 1.87. The zero-order valence-corrected chi connectivity index (χ0v) is 13.4.